The number of hydrogen-bond donors (Lipinski definition) is 1. The van der Waals surface area contributed by atoms with Gasteiger partial charge in [-0.15, -0.1) is 13.2 Å². The maximum atomic E-state index is 13.8. The third-order valence-corrected chi connectivity index (χ3v) is 5.20. The smallest absolute Gasteiger partial charge is 0.405 e. The van der Waals surface area contributed by atoms with Crippen LogP contribution >= 0.6 is 11.6 Å². The number of carbonyl (C=O) groups is 2. The average Bonchev–Trinajstić information content (AvgIpc) is 2.67. The summed E-state index contributed by atoms with van der Waals surface area (Å²) in [5, 5.41) is 2.67. The number of carbonyl (C=O) groups excluding carboxylic acids is 2. The van der Waals surface area contributed by atoms with Crippen molar-refractivity contribution in [2.45, 2.75) is 38.3 Å². The minimum atomic E-state index is -4.87. The van der Waals surface area contributed by atoms with Crippen molar-refractivity contribution in [3.63, 3.8) is 0 Å². The van der Waals surface area contributed by atoms with Gasteiger partial charge in [0.05, 0.1) is 5.02 Å². The van der Waals surface area contributed by atoms with E-state index in [4.69, 9.17) is 11.6 Å². The summed E-state index contributed by atoms with van der Waals surface area (Å²) in [4.78, 5) is 25.7. The zero-order valence-electron chi connectivity index (χ0n) is 16.4. The molecular weight excluding hydrogens is 440 g/mol. The van der Waals surface area contributed by atoms with Crippen molar-refractivity contribution in [2.24, 2.45) is 0 Å². The molecule has 5 nitrogen and oxygen atoms in total. The van der Waals surface area contributed by atoms with Crippen molar-refractivity contribution >= 4 is 29.1 Å². The third-order valence-electron chi connectivity index (χ3n) is 4.89. The van der Waals surface area contributed by atoms with E-state index in [1.807, 2.05) is 0 Å². The number of para-hydroxylation sites is 1. The molecular formula is C21H19ClF4N2O3. The number of likely N-dealkylation sites (tertiary alicyclic amines) is 1. The zero-order chi connectivity index (χ0) is 22.8. The van der Waals surface area contributed by atoms with E-state index in [-0.39, 0.29) is 47.1 Å². The lowest BCUT2D eigenvalue weighted by Crippen LogP contribution is -2.51. The van der Waals surface area contributed by atoms with E-state index < -0.39 is 30.2 Å². The Morgan fingerprint density at radius 2 is 1.87 bits per heavy atom. The topological polar surface area (TPSA) is 58.6 Å². The summed E-state index contributed by atoms with van der Waals surface area (Å²) in [6.07, 6.45) is -6.00. The molecule has 10 heteroatoms. The summed E-state index contributed by atoms with van der Waals surface area (Å²) in [7, 11) is 0. The van der Waals surface area contributed by atoms with Gasteiger partial charge in [-0.1, -0.05) is 35.9 Å². The van der Waals surface area contributed by atoms with Crippen molar-refractivity contribution in [1.82, 2.24) is 4.90 Å². The van der Waals surface area contributed by atoms with Crippen LogP contribution < -0.4 is 10.1 Å². The van der Waals surface area contributed by atoms with Gasteiger partial charge in [0.15, 0.2) is 0 Å². The molecule has 0 unspecified atom stereocenters. The van der Waals surface area contributed by atoms with Crippen molar-refractivity contribution < 1.29 is 31.9 Å². The quantitative estimate of drug-likeness (QED) is 0.641. The molecule has 2 amide bonds. The van der Waals surface area contributed by atoms with Crippen molar-refractivity contribution in [3.8, 4) is 16.9 Å². The van der Waals surface area contributed by atoms with E-state index >= 15 is 0 Å². The number of rotatable bonds is 4. The SMILES string of the molecule is CC(=O)N1CC[C@@H](F)C[C@@H]1C(=O)Nc1ccc(-c2ccccc2OC(F)(F)F)c(Cl)c1. The Kier molecular flexibility index (Phi) is 6.74. The van der Waals surface area contributed by atoms with Crippen LogP contribution in [0.5, 0.6) is 5.75 Å². The molecule has 0 spiro atoms. The number of nitrogens with zero attached hydrogens (tertiary/aromatic N) is 1. The highest BCUT2D eigenvalue weighted by Gasteiger charge is 2.35. The van der Waals surface area contributed by atoms with E-state index in [1.54, 1.807) is 0 Å². The second kappa shape index (κ2) is 9.13. The second-order valence-electron chi connectivity index (χ2n) is 7.08. The van der Waals surface area contributed by atoms with Gasteiger partial charge >= 0.3 is 6.36 Å². The summed E-state index contributed by atoms with van der Waals surface area (Å²) in [6, 6.07) is 8.84. The summed E-state index contributed by atoms with van der Waals surface area (Å²) in [5.41, 5.74) is 0.654. The molecule has 2 atom stereocenters. The summed E-state index contributed by atoms with van der Waals surface area (Å²) < 4.78 is 55.9. The van der Waals surface area contributed by atoms with Crippen LogP contribution in [0.2, 0.25) is 5.02 Å². The average molecular weight is 459 g/mol. The molecule has 31 heavy (non-hydrogen) atoms. The van der Waals surface area contributed by atoms with E-state index in [2.05, 4.69) is 10.1 Å². The Morgan fingerprint density at radius 3 is 2.52 bits per heavy atom. The van der Waals surface area contributed by atoms with Gasteiger partial charge in [0.25, 0.3) is 0 Å². The van der Waals surface area contributed by atoms with Crippen LogP contribution in [-0.4, -0.2) is 41.8 Å². The molecule has 1 heterocycles. The standard InChI is InChI=1S/C21H19ClF4N2O3/c1-12(29)28-9-8-13(23)10-18(28)20(30)27-14-6-7-15(17(22)11-14)16-4-2-3-5-19(16)31-21(24,25)26/h2-7,11,13,18H,8-10H2,1H3,(H,27,30)/t13-,18-/m1/s1. The van der Waals surface area contributed by atoms with Crippen LogP contribution in [0.4, 0.5) is 23.2 Å². The maximum Gasteiger partial charge on any atom is 0.573 e. The van der Waals surface area contributed by atoms with Crippen LogP contribution in [-0.2, 0) is 9.59 Å². The molecule has 0 bridgehead atoms. The number of hydrogen-bond acceptors (Lipinski definition) is 3. The molecule has 1 aliphatic heterocycles. The number of benzene rings is 2. The third kappa shape index (κ3) is 5.66. The number of amides is 2. The molecule has 0 aromatic heterocycles. The van der Waals surface area contributed by atoms with Crippen LogP contribution in [0.25, 0.3) is 11.1 Å². The number of nitrogens with one attached hydrogen (secondary N) is 1. The van der Waals surface area contributed by atoms with Crippen molar-refractivity contribution in [3.05, 3.63) is 47.5 Å². The zero-order valence-corrected chi connectivity index (χ0v) is 17.1. The largest absolute Gasteiger partial charge is 0.573 e. The van der Waals surface area contributed by atoms with Crippen LogP contribution in [0.3, 0.4) is 0 Å². The van der Waals surface area contributed by atoms with Gasteiger partial charge in [-0.2, -0.15) is 0 Å². The lowest BCUT2D eigenvalue weighted by atomic mass is 9.99. The van der Waals surface area contributed by atoms with Crippen LogP contribution in [0.15, 0.2) is 42.5 Å². The molecule has 0 saturated carbocycles. The molecule has 2 aromatic rings. The van der Waals surface area contributed by atoms with Gasteiger partial charge < -0.3 is 15.0 Å². The molecule has 3 rings (SSSR count). The number of alkyl halides is 4. The van der Waals surface area contributed by atoms with Gasteiger partial charge in [-0.3, -0.25) is 9.59 Å². The van der Waals surface area contributed by atoms with Gasteiger partial charge in [-0.05, 0) is 24.6 Å². The number of halogens is 5. The van der Waals surface area contributed by atoms with Gasteiger partial charge in [0, 0.05) is 36.7 Å². The number of piperidine rings is 1. The first-order valence-corrected chi connectivity index (χ1v) is 9.80. The first kappa shape index (κ1) is 22.9. The Balaban J connectivity index is 1.82. The minimum Gasteiger partial charge on any atom is -0.405 e. The molecule has 1 fully saturated rings. The highest BCUT2D eigenvalue weighted by molar-refractivity contribution is 6.33. The summed E-state index contributed by atoms with van der Waals surface area (Å²) >= 11 is 6.27. The molecule has 166 valence electrons. The van der Waals surface area contributed by atoms with E-state index in [0.29, 0.717) is 0 Å². The lowest BCUT2D eigenvalue weighted by molar-refractivity contribution is -0.274. The Bertz CT molecular complexity index is 983. The van der Waals surface area contributed by atoms with E-state index in [9.17, 15) is 27.2 Å². The molecule has 1 saturated heterocycles. The van der Waals surface area contributed by atoms with Gasteiger partial charge in [0.1, 0.15) is 18.0 Å². The highest BCUT2D eigenvalue weighted by Crippen LogP contribution is 2.38. The maximum absolute atomic E-state index is 13.8. The predicted molar refractivity (Wildman–Crippen MR) is 108 cm³/mol. The molecule has 2 aromatic carbocycles. The summed E-state index contributed by atoms with van der Waals surface area (Å²) in [6.45, 7) is 1.45. The van der Waals surface area contributed by atoms with Gasteiger partial charge in [0.2, 0.25) is 11.8 Å². The van der Waals surface area contributed by atoms with E-state index in [0.717, 1.165) is 0 Å². The highest BCUT2D eigenvalue weighted by atomic mass is 35.5. The first-order valence-electron chi connectivity index (χ1n) is 9.42. The monoisotopic (exact) mass is 458 g/mol. The molecule has 1 N–H and O–H groups in total. The lowest BCUT2D eigenvalue weighted by Gasteiger charge is -2.35. The fraction of sp³-hybridized carbons (Fsp3) is 0.333. The van der Waals surface area contributed by atoms with Crippen molar-refractivity contribution in [1.29, 1.82) is 0 Å². The number of anilines is 1. The van der Waals surface area contributed by atoms with Crippen LogP contribution in [0.1, 0.15) is 19.8 Å². The molecule has 0 aliphatic carbocycles. The van der Waals surface area contributed by atoms with Crippen molar-refractivity contribution in [2.75, 3.05) is 11.9 Å². The Labute approximate surface area is 180 Å². The first-order chi connectivity index (χ1) is 14.5. The normalized spacial score (nSPS) is 19.1. The Morgan fingerprint density at radius 1 is 1.16 bits per heavy atom. The fourth-order valence-corrected chi connectivity index (χ4v) is 3.77. The Hall–Kier alpha value is -2.81. The van der Waals surface area contributed by atoms with E-state index in [1.165, 1.54) is 54.3 Å². The fourth-order valence-electron chi connectivity index (χ4n) is 3.49. The molecule has 1 aliphatic rings. The predicted octanol–water partition coefficient (Wildman–Crippen LogP) is 5.19. The van der Waals surface area contributed by atoms with Gasteiger partial charge in [-0.25, -0.2) is 4.39 Å². The van der Waals surface area contributed by atoms with Crippen LogP contribution in [0, 0.1) is 0 Å². The second-order valence-corrected chi connectivity index (χ2v) is 7.48. The molecule has 0 radical (unpaired) electrons. The number of ether oxygens (including phenoxy) is 1. The minimum absolute atomic E-state index is 0.0754. The summed E-state index contributed by atoms with van der Waals surface area (Å²) in [5.74, 6) is -1.31.